The van der Waals surface area contributed by atoms with E-state index in [2.05, 4.69) is 4.74 Å². The second-order valence-electron chi connectivity index (χ2n) is 8.14. The van der Waals surface area contributed by atoms with Gasteiger partial charge in [0, 0.05) is 6.04 Å². The van der Waals surface area contributed by atoms with E-state index in [4.69, 9.17) is 5.73 Å². The summed E-state index contributed by atoms with van der Waals surface area (Å²) in [6, 6.07) is 4.74. The average molecular weight is 369 g/mol. The van der Waals surface area contributed by atoms with Crippen LogP contribution in [0.2, 0.25) is 0 Å². The van der Waals surface area contributed by atoms with Crippen LogP contribution < -0.4 is 10.5 Å². The standard InChI is InChI=1S/C21H30F3NO/c22-19-13-15(5-12-20(19)26-21(23)24)2-1-14-3-6-16(7-4-14)17-8-10-18(25)11-9-17/h5,12-14,16-18,21H,1-4,6-11,25H2. The van der Waals surface area contributed by atoms with Crippen molar-refractivity contribution in [3.8, 4) is 5.75 Å². The van der Waals surface area contributed by atoms with Crippen LogP contribution in [0.3, 0.4) is 0 Å². The monoisotopic (exact) mass is 369 g/mol. The molecule has 1 aromatic carbocycles. The average Bonchev–Trinajstić information content (AvgIpc) is 2.63. The predicted octanol–water partition coefficient (Wildman–Crippen LogP) is 5.68. The molecule has 2 aliphatic rings. The minimum Gasteiger partial charge on any atom is -0.432 e. The molecule has 0 radical (unpaired) electrons. The van der Waals surface area contributed by atoms with Crippen molar-refractivity contribution in [1.82, 2.24) is 0 Å². The van der Waals surface area contributed by atoms with Gasteiger partial charge in [0.25, 0.3) is 0 Å². The van der Waals surface area contributed by atoms with E-state index in [9.17, 15) is 13.2 Å². The Bertz CT molecular complexity index is 564. The van der Waals surface area contributed by atoms with Gasteiger partial charge in [0.2, 0.25) is 0 Å². The molecule has 3 rings (SSSR count). The summed E-state index contributed by atoms with van der Waals surface area (Å²) in [5, 5.41) is 0. The summed E-state index contributed by atoms with van der Waals surface area (Å²) >= 11 is 0. The maximum atomic E-state index is 13.8. The SMILES string of the molecule is NC1CCC(C2CCC(CCc3ccc(OC(F)F)c(F)c3)CC2)CC1. The first-order valence-electron chi connectivity index (χ1n) is 10.00. The molecule has 2 saturated carbocycles. The van der Waals surface area contributed by atoms with E-state index in [0.717, 1.165) is 30.2 Å². The highest BCUT2D eigenvalue weighted by molar-refractivity contribution is 5.29. The van der Waals surface area contributed by atoms with Crippen LogP contribution in [0.15, 0.2) is 18.2 Å². The molecular formula is C21H30F3NO. The summed E-state index contributed by atoms with van der Waals surface area (Å²) in [4.78, 5) is 0. The Kier molecular flexibility index (Phi) is 6.85. The summed E-state index contributed by atoms with van der Waals surface area (Å²) in [6.45, 7) is -2.99. The number of aryl methyl sites for hydroxylation is 1. The molecule has 146 valence electrons. The molecule has 0 aromatic heterocycles. The second kappa shape index (κ2) is 9.12. The van der Waals surface area contributed by atoms with Crippen LogP contribution in [0, 0.1) is 23.6 Å². The topological polar surface area (TPSA) is 35.2 Å². The number of ether oxygens (including phenoxy) is 1. The van der Waals surface area contributed by atoms with Gasteiger partial charge in [-0.05, 0) is 86.8 Å². The van der Waals surface area contributed by atoms with Crippen molar-refractivity contribution in [2.75, 3.05) is 0 Å². The number of benzene rings is 1. The number of hydrogen-bond acceptors (Lipinski definition) is 2. The first-order chi connectivity index (χ1) is 12.5. The quantitative estimate of drug-likeness (QED) is 0.700. The zero-order valence-corrected chi connectivity index (χ0v) is 15.3. The van der Waals surface area contributed by atoms with Gasteiger partial charge in [-0.25, -0.2) is 4.39 Å². The van der Waals surface area contributed by atoms with E-state index < -0.39 is 12.4 Å². The fourth-order valence-electron chi connectivity index (χ4n) is 4.83. The zero-order chi connectivity index (χ0) is 18.5. The first kappa shape index (κ1) is 19.5. The van der Waals surface area contributed by atoms with Gasteiger partial charge in [-0.3, -0.25) is 0 Å². The third-order valence-corrected chi connectivity index (χ3v) is 6.43. The molecule has 2 fully saturated rings. The summed E-state index contributed by atoms with van der Waals surface area (Å²) in [5.41, 5.74) is 6.87. The number of alkyl halides is 2. The van der Waals surface area contributed by atoms with Crippen molar-refractivity contribution in [1.29, 1.82) is 0 Å². The van der Waals surface area contributed by atoms with Crippen molar-refractivity contribution in [3.05, 3.63) is 29.6 Å². The fourth-order valence-corrected chi connectivity index (χ4v) is 4.83. The Hall–Kier alpha value is -1.23. The van der Waals surface area contributed by atoms with Gasteiger partial charge >= 0.3 is 6.61 Å². The zero-order valence-electron chi connectivity index (χ0n) is 15.3. The largest absolute Gasteiger partial charge is 0.432 e. The number of hydrogen-bond donors (Lipinski definition) is 1. The van der Waals surface area contributed by atoms with Crippen LogP contribution in [-0.2, 0) is 6.42 Å². The van der Waals surface area contributed by atoms with Crippen molar-refractivity contribution < 1.29 is 17.9 Å². The van der Waals surface area contributed by atoms with E-state index in [1.165, 1.54) is 63.5 Å². The molecule has 1 aromatic rings. The highest BCUT2D eigenvalue weighted by Crippen LogP contribution is 2.40. The molecule has 0 spiro atoms. The molecule has 0 amide bonds. The third kappa shape index (κ3) is 5.38. The summed E-state index contributed by atoms with van der Waals surface area (Å²) in [6.07, 6.45) is 11.9. The molecule has 0 bridgehead atoms. The Labute approximate surface area is 154 Å². The Morgan fingerprint density at radius 3 is 2.15 bits per heavy atom. The van der Waals surface area contributed by atoms with Crippen LogP contribution >= 0.6 is 0 Å². The van der Waals surface area contributed by atoms with Gasteiger partial charge in [0.05, 0.1) is 0 Å². The van der Waals surface area contributed by atoms with Crippen LogP contribution in [0.1, 0.15) is 63.4 Å². The number of halogens is 3. The Morgan fingerprint density at radius 1 is 0.962 bits per heavy atom. The van der Waals surface area contributed by atoms with Gasteiger partial charge in [-0.15, -0.1) is 0 Å². The lowest BCUT2D eigenvalue weighted by Gasteiger charge is -2.37. The molecule has 0 atom stereocenters. The minimum absolute atomic E-state index is 0.378. The van der Waals surface area contributed by atoms with Crippen LogP contribution in [-0.4, -0.2) is 12.7 Å². The van der Waals surface area contributed by atoms with Crippen molar-refractivity contribution in [3.63, 3.8) is 0 Å². The molecule has 0 unspecified atom stereocenters. The smallest absolute Gasteiger partial charge is 0.387 e. The predicted molar refractivity (Wildman–Crippen MR) is 96.7 cm³/mol. The highest BCUT2D eigenvalue weighted by Gasteiger charge is 2.29. The van der Waals surface area contributed by atoms with Crippen LogP contribution in [0.25, 0.3) is 0 Å². The second-order valence-corrected chi connectivity index (χ2v) is 8.14. The van der Waals surface area contributed by atoms with E-state index in [1.54, 1.807) is 6.07 Å². The van der Waals surface area contributed by atoms with Crippen molar-refractivity contribution in [2.24, 2.45) is 23.5 Å². The number of rotatable bonds is 6. The molecule has 0 saturated heterocycles. The molecule has 5 heteroatoms. The molecule has 2 N–H and O–H groups in total. The highest BCUT2D eigenvalue weighted by atomic mass is 19.3. The van der Waals surface area contributed by atoms with Crippen molar-refractivity contribution in [2.45, 2.75) is 76.9 Å². The van der Waals surface area contributed by atoms with Crippen LogP contribution in [0.4, 0.5) is 13.2 Å². The lowest BCUT2D eigenvalue weighted by Crippen LogP contribution is -2.31. The van der Waals surface area contributed by atoms with E-state index in [-0.39, 0.29) is 5.75 Å². The van der Waals surface area contributed by atoms with Crippen LogP contribution in [0.5, 0.6) is 5.75 Å². The molecular weight excluding hydrogens is 339 g/mol. The number of nitrogens with two attached hydrogens (primary N) is 1. The van der Waals surface area contributed by atoms with E-state index >= 15 is 0 Å². The van der Waals surface area contributed by atoms with Gasteiger partial charge < -0.3 is 10.5 Å². The molecule has 0 heterocycles. The Morgan fingerprint density at radius 2 is 1.58 bits per heavy atom. The maximum Gasteiger partial charge on any atom is 0.387 e. The summed E-state index contributed by atoms with van der Waals surface area (Å²) in [7, 11) is 0. The first-order valence-corrected chi connectivity index (χ1v) is 10.00. The molecule has 2 aliphatic carbocycles. The minimum atomic E-state index is -2.99. The van der Waals surface area contributed by atoms with Gasteiger partial charge in [-0.1, -0.05) is 18.9 Å². The fraction of sp³-hybridized carbons (Fsp3) is 0.714. The van der Waals surface area contributed by atoms with Gasteiger partial charge in [0.1, 0.15) is 0 Å². The maximum absolute atomic E-state index is 13.8. The van der Waals surface area contributed by atoms with Crippen molar-refractivity contribution >= 4 is 0 Å². The molecule has 26 heavy (non-hydrogen) atoms. The molecule has 2 nitrogen and oxygen atoms in total. The van der Waals surface area contributed by atoms with Gasteiger partial charge in [0.15, 0.2) is 11.6 Å². The lowest BCUT2D eigenvalue weighted by atomic mass is 9.69. The third-order valence-electron chi connectivity index (χ3n) is 6.43. The molecule has 0 aliphatic heterocycles. The van der Waals surface area contributed by atoms with Gasteiger partial charge in [-0.2, -0.15) is 8.78 Å². The van der Waals surface area contributed by atoms with E-state index in [0.29, 0.717) is 12.0 Å². The lowest BCUT2D eigenvalue weighted by molar-refractivity contribution is -0.0522. The summed E-state index contributed by atoms with van der Waals surface area (Å²) in [5.74, 6) is 1.34. The summed E-state index contributed by atoms with van der Waals surface area (Å²) < 4.78 is 42.3. The normalized spacial score (nSPS) is 29.7. The Balaban J connectivity index is 1.42. The van der Waals surface area contributed by atoms with E-state index in [1.807, 2.05) is 0 Å².